The largest absolute Gasteiger partial charge is 0.472 e. The molecule has 1 saturated carbocycles. The minimum atomic E-state index is -5.13. The van der Waals surface area contributed by atoms with Crippen molar-refractivity contribution in [2.75, 3.05) is 13.2 Å². The van der Waals surface area contributed by atoms with Crippen LogP contribution in [0, 0.1) is 0 Å². The van der Waals surface area contributed by atoms with Gasteiger partial charge in [0.1, 0.15) is 43.2 Å². The number of hydrogen-bond donors (Lipinski definition) is 6. The summed E-state index contributed by atoms with van der Waals surface area (Å²) in [5.74, 6) is -1.17. The van der Waals surface area contributed by atoms with E-state index in [0.717, 1.165) is 51.4 Å². The van der Waals surface area contributed by atoms with E-state index < -0.39 is 75.7 Å². The molecule has 13 nitrogen and oxygen atoms in total. The normalized spacial score (nSPS) is 23.1. The van der Waals surface area contributed by atoms with E-state index in [-0.39, 0.29) is 12.8 Å². The summed E-state index contributed by atoms with van der Waals surface area (Å²) in [4.78, 5) is 35.6. The highest BCUT2D eigenvalue weighted by atomic mass is 31.2. The van der Waals surface area contributed by atoms with Gasteiger partial charge in [-0.1, -0.05) is 145 Å². The van der Waals surface area contributed by atoms with Crippen LogP contribution in [-0.4, -0.2) is 98.3 Å². The maximum atomic E-state index is 12.8. The predicted molar refractivity (Wildman–Crippen MR) is 226 cm³/mol. The maximum Gasteiger partial charge on any atom is 0.472 e. The van der Waals surface area contributed by atoms with Gasteiger partial charge in [-0.15, -0.1) is 0 Å². The first-order valence-electron chi connectivity index (χ1n) is 21.6. The van der Waals surface area contributed by atoms with Gasteiger partial charge in [-0.25, -0.2) is 4.57 Å². The van der Waals surface area contributed by atoms with E-state index in [4.69, 9.17) is 18.5 Å². The molecule has 6 unspecified atom stereocenters. The van der Waals surface area contributed by atoms with Crippen LogP contribution in [0.5, 0.6) is 0 Å². The van der Waals surface area contributed by atoms with Gasteiger partial charge in [0.15, 0.2) is 6.10 Å². The van der Waals surface area contributed by atoms with E-state index in [2.05, 4.69) is 62.5 Å². The Morgan fingerprint density at radius 2 is 0.983 bits per heavy atom. The average molecular weight is 843 g/mol. The Morgan fingerprint density at radius 3 is 1.48 bits per heavy atom. The molecule has 334 valence electrons. The molecule has 0 amide bonds. The molecule has 14 heteroatoms. The topological polar surface area (TPSA) is 210 Å². The van der Waals surface area contributed by atoms with E-state index in [0.29, 0.717) is 19.3 Å². The van der Waals surface area contributed by atoms with Crippen LogP contribution in [0.4, 0.5) is 0 Å². The van der Waals surface area contributed by atoms with E-state index in [1.165, 1.54) is 51.4 Å². The summed E-state index contributed by atoms with van der Waals surface area (Å²) in [6, 6.07) is 0. The standard InChI is InChI=1S/C44H75O13P/c1-3-5-7-9-11-13-15-17-18-19-20-21-23-25-27-29-31-33-38(46)56-36(34-54-37(45)32-30-28-26-24-22-16-14-12-10-8-6-4-2)35-55-58(52,53)57-44-42(50)40(48)39(47)41(49)43(44)51/h5,7,11,13,17-18,20-21,25,27,36,39-44,47-51H,3-4,6,8-10,12,14-16,19,22-24,26,28-35H2,1-2H3,(H,52,53)/b7-5+,13-11+,18-17+,21-20+,27-25+/t36-,39?,40-,41?,42?,43?,44?/m1/s1. The molecule has 58 heavy (non-hydrogen) atoms. The molecule has 0 heterocycles. The first-order chi connectivity index (χ1) is 27.9. The summed E-state index contributed by atoms with van der Waals surface area (Å²) in [6.45, 7) is 3.11. The zero-order valence-corrected chi connectivity index (χ0v) is 36.0. The summed E-state index contributed by atoms with van der Waals surface area (Å²) in [5.41, 5.74) is 0. The Morgan fingerprint density at radius 1 is 0.552 bits per heavy atom. The molecule has 1 aliphatic carbocycles. The van der Waals surface area contributed by atoms with Gasteiger partial charge in [0, 0.05) is 12.8 Å². The second-order valence-corrected chi connectivity index (χ2v) is 16.2. The minimum Gasteiger partial charge on any atom is -0.462 e. The van der Waals surface area contributed by atoms with Crippen LogP contribution in [0.15, 0.2) is 60.8 Å². The maximum absolute atomic E-state index is 12.8. The second-order valence-electron chi connectivity index (χ2n) is 14.8. The van der Waals surface area contributed by atoms with Crippen LogP contribution in [0.25, 0.3) is 0 Å². The number of rotatable bonds is 34. The summed E-state index contributed by atoms with van der Waals surface area (Å²) in [7, 11) is -5.13. The Bertz CT molecular complexity index is 1250. The van der Waals surface area contributed by atoms with E-state index in [1.54, 1.807) is 0 Å². The molecule has 0 aromatic carbocycles. The number of carbonyl (C=O) groups excluding carboxylic acids is 2. The number of allylic oxidation sites excluding steroid dienone is 10. The van der Waals surface area contributed by atoms with Gasteiger partial charge in [0.25, 0.3) is 0 Å². The number of ether oxygens (including phenoxy) is 2. The number of carbonyl (C=O) groups is 2. The number of hydrogen-bond acceptors (Lipinski definition) is 12. The molecule has 0 aromatic heterocycles. The van der Waals surface area contributed by atoms with Crippen LogP contribution in [0.3, 0.4) is 0 Å². The Hall–Kier alpha value is -2.45. The van der Waals surface area contributed by atoms with Crippen molar-refractivity contribution in [2.45, 2.75) is 191 Å². The fourth-order valence-electron chi connectivity index (χ4n) is 6.15. The molecule has 0 bridgehead atoms. The Kier molecular flexibility index (Phi) is 31.7. The molecule has 0 radical (unpaired) electrons. The van der Waals surface area contributed by atoms with Crippen molar-refractivity contribution in [3.05, 3.63) is 60.8 Å². The fraction of sp³-hybridized carbons (Fsp3) is 0.727. The monoisotopic (exact) mass is 842 g/mol. The quantitative estimate of drug-likeness (QED) is 0.0159. The van der Waals surface area contributed by atoms with Crippen LogP contribution >= 0.6 is 7.82 Å². The van der Waals surface area contributed by atoms with Crippen LogP contribution < -0.4 is 0 Å². The van der Waals surface area contributed by atoms with Crippen molar-refractivity contribution in [1.29, 1.82) is 0 Å². The molecule has 0 saturated heterocycles. The van der Waals surface area contributed by atoms with Gasteiger partial charge in [-0.05, 0) is 51.4 Å². The lowest BCUT2D eigenvalue weighted by molar-refractivity contribution is -0.220. The van der Waals surface area contributed by atoms with Crippen molar-refractivity contribution in [3.63, 3.8) is 0 Å². The van der Waals surface area contributed by atoms with Crippen molar-refractivity contribution in [2.24, 2.45) is 0 Å². The number of phosphoric acid groups is 1. The van der Waals surface area contributed by atoms with Gasteiger partial charge >= 0.3 is 19.8 Å². The molecule has 0 spiro atoms. The molecule has 8 atom stereocenters. The first-order valence-corrected chi connectivity index (χ1v) is 23.1. The van der Waals surface area contributed by atoms with E-state index in [9.17, 15) is 44.6 Å². The Balaban J connectivity index is 2.55. The summed E-state index contributed by atoms with van der Waals surface area (Å²) < 4.78 is 33.4. The number of aliphatic hydroxyl groups excluding tert-OH is 5. The van der Waals surface area contributed by atoms with Crippen LogP contribution in [0.1, 0.15) is 149 Å². The van der Waals surface area contributed by atoms with Crippen molar-refractivity contribution >= 4 is 19.8 Å². The third-order valence-corrected chi connectivity index (χ3v) is 10.6. The SMILES string of the molecule is CC/C=C/C/C=C/C/C=C/C/C=C/C/C=C/CCCC(=O)O[C@H](COC(=O)CCCCCCCCCCCCCC)COP(=O)(O)OC1C(O)C(O)C(O)[C@@H](O)C1O. The van der Waals surface area contributed by atoms with Gasteiger partial charge in [0.05, 0.1) is 6.61 Å². The van der Waals surface area contributed by atoms with Crippen LogP contribution in [-0.2, 0) is 32.7 Å². The molecule has 6 N–H and O–H groups in total. The van der Waals surface area contributed by atoms with Crippen molar-refractivity contribution in [1.82, 2.24) is 0 Å². The number of esters is 2. The second kappa shape index (κ2) is 34.3. The predicted octanol–water partition coefficient (Wildman–Crippen LogP) is 7.77. The van der Waals surface area contributed by atoms with E-state index >= 15 is 0 Å². The molecule has 1 aliphatic rings. The Labute approximate surface area is 347 Å². The van der Waals surface area contributed by atoms with E-state index in [1.807, 2.05) is 12.2 Å². The highest BCUT2D eigenvalue weighted by Crippen LogP contribution is 2.47. The van der Waals surface area contributed by atoms with Gasteiger partial charge in [0.2, 0.25) is 0 Å². The molecular weight excluding hydrogens is 767 g/mol. The smallest absolute Gasteiger partial charge is 0.462 e. The fourth-order valence-corrected chi connectivity index (χ4v) is 7.12. The molecule has 1 rings (SSSR count). The van der Waals surface area contributed by atoms with Crippen LogP contribution in [0.2, 0.25) is 0 Å². The third-order valence-electron chi connectivity index (χ3n) is 9.62. The van der Waals surface area contributed by atoms with Gasteiger partial charge in [-0.3, -0.25) is 18.6 Å². The number of phosphoric ester groups is 1. The molecular formula is C44H75O13P. The van der Waals surface area contributed by atoms with Crippen molar-refractivity contribution in [3.8, 4) is 0 Å². The lowest BCUT2D eigenvalue weighted by atomic mass is 9.85. The molecule has 1 fully saturated rings. The number of aliphatic hydroxyl groups is 5. The molecule has 0 aromatic rings. The highest BCUT2D eigenvalue weighted by Gasteiger charge is 2.51. The summed E-state index contributed by atoms with van der Waals surface area (Å²) in [6.07, 6.45) is 27.2. The van der Waals surface area contributed by atoms with Crippen molar-refractivity contribution < 1.29 is 63.1 Å². The zero-order valence-electron chi connectivity index (χ0n) is 35.1. The average Bonchev–Trinajstić information content (AvgIpc) is 3.20. The first kappa shape index (κ1) is 53.6. The lowest BCUT2D eigenvalue weighted by Gasteiger charge is -2.41. The zero-order chi connectivity index (χ0) is 42.9. The summed E-state index contributed by atoms with van der Waals surface area (Å²) >= 11 is 0. The molecule has 0 aliphatic heterocycles. The third kappa shape index (κ3) is 26.6. The minimum absolute atomic E-state index is 0.0173. The van der Waals surface area contributed by atoms with Gasteiger partial charge < -0.3 is 39.9 Å². The highest BCUT2D eigenvalue weighted by molar-refractivity contribution is 7.47. The lowest BCUT2D eigenvalue weighted by Crippen LogP contribution is -2.64. The summed E-state index contributed by atoms with van der Waals surface area (Å²) in [5, 5.41) is 50.0. The number of unbranched alkanes of at least 4 members (excludes halogenated alkanes) is 12. The van der Waals surface area contributed by atoms with Gasteiger partial charge in [-0.2, -0.15) is 0 Å².